The molecule has 1 heterocycles. The van der Waals surface area contributed by atoms with Crippen molar-refractivity contribution in [1.82, 2.24) is 5.32 Å². The second-order valence-electron chi connectivity index (χ2n) is 6.89. The van der Waals surface area contributed by atoms with Gasteiger partial charge in [-0.3, -0.25) is 4.79 Å². The fourth-order valence-corrected chi connectivity index (χ4v) is 3.60. The second-order valence-corrected chi connectivity index (χ2v) is 7.30. The lowest BCUT2D eigenvalue weighted by molar-refractivity contribution is 0.0951. The number of methoxy groups -OCH3 is 1. The summed E-state index contributed by atoms with van der Waals surface area (Å²) in [5.74, 6) is 1.16. The molecular weight excluding hydrogens is 348 g/mol. The molecule has 1 fully saturated rings. The number of halogens is 1. The Hall–Kier alpha value is -2.20. The number of piperidine rings is 1. The molecule has 1 aliphatic heterocycles. The first-order chi connectivity index (χ1) is 12.6. The van der Waals surface area contributed by atoms with E-state index in [0.29, 0.717) is 22.9 Å². The van der Waals surface area contributed by atoms with Gasteiger partial charge in [-0.2, -0.15) is 0 Å². The molecule has 0 saturated carbocycles. The number of carbonyl (C=O) groups is 1. The van der Waals surface area contributed by atoms with Crippen LogP contribution >= 0.6 is 11.6 Å². The summed E-state index contributed by atoms with van der Waals surface area (Å²) in [7, 11) is 1.55. The van der Waals surface area contributed by atoms with Crippen LogP contribution in [0.5, 0.6) is 5.75 Å². The highest BCUT2D eigenvalue weighted by atomic mass is 35.5. The number of anilines is 1. The molecule has 26 heavy (non-hydrogen) atoms. The van der Waals surface area contributed by atoms with Gasteiger partial charge in [0.2, 0.25) is 0 Å². The van der Waals surface area contributed by atoms with Crippen molar-refractivity contribution < 1.29 is 9.53 Å². The van der Waals surface area contributed by atoms with Crippen LogP contribution in [0.4, 0.5) is 5.69 Å². The average Bonchev–Trinajstić information content (AvgIpc) is 2.66. The number of hydrogen-bond donors (Lipinski definition) is 1. The standard InChI is InChI=1S/C21H25ClN2O2/c1-15-4-3-11-24(14-15)18-8-5-16(6-9-18)13-23-21(25)17-7-10-20(26-2)19(22)12-17/h5-10,12,15H,3-4,11,13-14H2,1-2H3,(H,23,25). The van der Waals surface area contributed by atoms with E-state index in [4.69, 9.17) is 16.3 Å². The van der Waals surface area contributed by atoms with Crippen molar-refractivity contribution in [2.24, 2.45) is 5.92 Å². The smallest absolute Gasteiger partial charge is 0.251 e. The highest BCUT2D eigenvalue weighted by Crippen LogP contribution is 2.25. The number of carbonyl (C=O) groups excluding carboxylic acids is 1. The normalized spacial score (nSPS) is 17.0. The summed E-state index contributed by atoms with van der Waals surface area (Å²) in [4.78, 5) is 14.7. The molecule has 1 amide bonds. The van der Waals surface area contributed by atoms with Crippen molar-refractivity contribution in [3.63, 3.8) is 0 Å². The van der Waals surface area contributed by atoms with E-state index in [-0.39, 0.29) is 5.91 Å². The summed E-state index contributed by atoms with van der Waals surface area (Å²) < 4.78 is 5.11. The largest absolute Gasteiger partial charge is 0.495 e. The van der Waals surface area contributed by atoms with E-state index in [1.54, 1.807) is 25.3 Å². The van der Waals surface area contributed by atoms with Crippen molar-refractivity contribution in [2.45, 2.75) is 26.3 Å². The monoisotopic (exact) mass is 372 g/mol. The molecular formula is C21H25ClN2O2. The molecule has 2 aromatic carbocycles. The Morgan fingerprint density at radius 2 is 2.04 bits per heavy atom. The fraction of sp³-hybridized carbons (Fsp3) is 0.381. The molecule has 1 atom stereocenters. The average molecular weight is 373 g/mol. The van der Waals surface area contributed by atoms with Crippen molar-refractivity contribution in [2.75, 3.05) is 25.1 Å². The van der Waals surface area contributed by atoms with Crippen molar-refractivity contribution in [3.8, 4) is 5.75 Å². The lowest BCUT2D eigenvalue weighted by atomic mass is 9.99. The van der Waals surface area contributed by atoms with Gasteiger partial charge in [-0.1, -0.05) is 30.7 Å². The molecule has 0 aromatic heterocycles. The maximum absolute atomic E-state index is 12.3. The molecule has 4 nitrogen and oxygen atoms in total. The van der Waals surface area contributed by atoms with Gasteiger partial charge in [0.15, 0.2) is 0 Å². The van der Waals surface area contributed by atoms with Gasteiger partial charge in [0.25, 0.3) is 5.91 Å². The Bertz CT molecular complexity index is 761. The van der Waals surface area contributed by atoms with Crippen LogP contribution in [-0.2, 0) is 6.54 Å². The van der Waals surface area contributed by atoms with E-state index in [0.717, 1.165) is 24.6 Å². The van der Waals surface area contributed by atoms with Gasteiger partial charge in [-0.15, -0.1) is 0 Å². The van der Waals surface area contributed by atoms with Crippen molar-refractivity contribution in [1.29, 1.82) is 0 Å². The van der Waals surface area contributed by atoms with E-state index >= 15 is 0 Å². The highest BCUT2D eigenvalue weighted by Gasteiger charge is 2.16. The number of nitrogens with one attached hydrogen (secondary N) is 1. The van der Waals surface area contributed by atoms with Gasteiger partial charge in [0.1, 0.15) is 5.75 Å². The number of hydrogen-bond acceptors (Lipinski definition) is 3. The zero-order valence-electron chi connectivity index (χ0n) is 15.3. The quantitative estimate of drug-likeness (QED) is 0.839. The van der Waals surface area contributed by atoms with Crippen LogP contribution in [-0.4, -0.2) is 26.1 Å². The molecule has 138 valence electrons. The lowest BCUT2D eigenvalue weighted by Gasteiger charge is -2.32. The summed E-state index contributed by atoms with van der Waals surface area (Å²) in [6.07, 6.45) is 2.57. The minimum atomic E-state index is -0.150. The molecule has 1 aliphatic rings. The predicted molar refractivity (Wildman–Crippen MR) is 106 cm³/mol. The summed E-state index contributed by atoms with van der Waals surface area (Å²) in [5, 5.41) is 3.36. The topological polar surface area (TPSA) is 41.6 Å². The molecule has 0 radical (unpaired) electrons. The van der Waals surface area contributed by atoms with Crippen LogP contribution < -0.4 is 15.0 Å². The Balaban J connectivity index is 1.57. The van der Waals surface area contributed by atoms with Crippen LogP contribution in [0.2, 0.25) is 5.02 Å². The van der Waals surface area contributed by atoms with Crippen LogP contribution in [0, 0.1) is 5.92 Å². The minimum Gasteiger partial charge on any atom is -0.495 e. The summed E-state index contributed by atoms with van der Waals surface area (Å²) in [6, 6.07) is 13.5. The van der Waals surface area contributed by atoms with E-state index in [2.05, 4.69) is 41.4 Å². The molecule has 2 aromatic rings. The van der Waals surface area contributed by atoms with Crippen LogP contribution in [0.25, 0.3) is 0 Å². The first-order valence-corrected chi connectivity index (χ1v) is 9.40. The first kappa shape index (κ1) is 18.6. The molecule has 0 bridgehead atoms. The number of amides is 1. The first-order valence-electron chi connectivity index (χ1n) is 9.02. The number of nitrogens with zero attached hydrogens (tertiary/aromatic N) is 1. The Morgan fingerprint density at radius 3 is 2.69 bits per heavy atom. The predicted octanol–water partition coefficient (Wildman–Crippen LogP) is 4.51. The third kappa shape index (κ3) is 4.50. The van der Waals surface area contributed by atoms with Gasteiger partial charge in [-0.05, 0) is 54.7 Å². The molecule has 0 spiro atoms. The second kappa shape index (κ2) is 8.45. The van der Waals surface area contributed by atoms with Crippen molar-refractivity contribution in [3.05, 3.63) is 58.6 Å². The summed E-state index contributed by atoms with van der Waals surface area (Å²) in [6.45, 7) is 5.04. The Morgan fingerprint density at radius 1 is 1.27 bits per heavy atom. The third-order valence-electron chi connectivity index (χ3n) is 4.83. The van der Waals surface area contributed by atoms with Crippen LogP contribution in [0.1, 0.15) is 35.7 Å². The maximum Gasteiger partial charge on any atom is 0.251 e. The molecule has 3 rings (SSSR count). The van der Waals surface area contributed by atoms with E-state index < -0.39 is 0 Å². The highest BCUT2D eigenvalue weighted by molar-refractivity contribution is 6.32. The van der Waals surface area contributed by atoms with E-state index in [1.165, 1.54) is 18.5 Å². The molecule has 0 aliphatic carbocycles. The molecule has 1 unspecified atom stereocenters. The van der Waals surface area contributed by atoms with Gasteiger partial charge < -0.3 is 15.0 Å². The zero-order valence-corrected chi connectivity index (χ0v) is 16.1. The van der Waals surface area contributed by atoms with Gasteiger partial charge >= 0.3 is 0 Å². The Kier molecular flexibility index (Phi) is 6.04. The number of rotatable bonds is 5. The zero-order chi connectivity index (χ0) is 18.5. The van der Waals surface area contributed by atoms with Gasteiger partial charge in [-0.25, -0.2) is 0 Å². The molecule has 5 heteroatoms. The van der Waals surface area contributed by atoms with E-state index in [9.17, 15) is 4.79 Å². The SMILES string of the molecule is COc1ccc(C(=O)NCc2ccc(N3CCCC(C)C3)cc2)cc1Cl. The van der Waals surface area contributed by atoms with Crippen LogP contribution in [0.3, 0.4) is 0 Å². The lowest BCUT2D eigenvalue weighted by Crippen LogP contribution is -2.34. The maximum atomic E-state index is 12.3. The molecule has 1 saturated heterocycles. The summed E-state index contributed by atoms with van der Waals surface area (Å²) in [5.41, 5.74) is 2.86. The number of ether oxygens (including phenoxy) is 1. The minimum absolute atomic E-state index is 0.150. The third-order valence-corrected chi connectivity index (χ3v) is 5.12. The molecule has 1 N–H and O–H groups in total. The number of benzene rings is 2. The van der Waals surface area contributed by atoms with Crippen molar-refractivity contribution >= 4 is 23.2 Å². The Labute approximate surface area is 160 Å². The van der Waals surface area contributed by atoms with E-state index in [1.807, 2.05) is 0 Å². The summed E-state index contributed by atoms with van der Waals surface area (Å²) >= 11 is 6.08. The van der Waals surface area contributed by atoms with Crippen LogP contribution in [0.15, 0.2) is 42.5 Å². The fourth-order valence-electron chi connectivity index (χ4n) is 3.34. The van der Waals surface area contributed by atoms with Gasteiger partial charge in [0, 0.05) is 30.9 Å². The van der Waals surface area contributed by atoms with Gasteiger partial charge in [0.05, 0.1) is 12.1 Å².